The van der Waals surface area contributed by atoms with Gasteiger partial charge in [-0.3, -0.25) is 0 Å². The van der Waals surface area contributed by atoms with Crippen LogP contribution in [0.25, 0.3) is 33.7 Å². The van der Waals surface area contributed by atoms with Crippen molar-refractivity contribution in [1.29, 1.82) is 0 Å². The van der Waals surface area contributed by atoms with E-state index in [9.17, 15) is 4.79 Å². The van der Waals surface area contributed by atoms with Gasteiger partial charge in [-0.1, -0.05) is 60.7 Å². The molecule has 0 spiro atoms. The number of benzene rings is 2. The predicted molar refractivity (Wildman–Crippen MR) is 100 cm³/mol. The van der Waals surface area contributed by atoms with Gasteiger partial charge in [-0.05, 0) is 29.3 Å². The Morgan fingerprint density at radius 3 is 2.04 bits per heavy atom. The number of aryl methyl sites for hydroxylation is 1. The van der Waals surface area contributed by atoms with Crippen LogP contribution in [0.5, 0.6) is 0 Å². The van der Waals surface area contributed by atoms with Crippen LogP contribution in [0.3, 0.4) is 0 Å². The van der Waals surface area contributed by atoms with Crippen LogP contribution >= 0.6 is 0 Å². The first-order valence-corrected chi connectivity index (χ1v) is 8.15. The zero-order chi connectivity index (χ0) is 17.2. The highest BCUT2D eigenvalue weighted by Crippen LogP contribution is 2.32. The van der Waals surface area contributed by atoms with Crippen molar-refractivity contribution in [2.45, 2.75) is 0 Å². The molecule has 0 atom stereocenters. The molecular weight excluding hydrogens is 310 g/mol. The van der Waals surface area contributed by atoms with Gasteiger partial charge in [-0.25, -0.2) is 4.79 Å². The molecule has 122 valence electrons. The first kappa shape index (κ1) is 15.2. The van der Waals surface area contributed by atoms with Gasteiger partial charge in [0.05, 0.1) is 11.3 Å². The van der Waals surface area contributed by atoms with Gasteiger partial charge in [0.25, 0.3) is 0 Å². The molecule has 0 amide bonds. The van der Waals surface area contributed by atoms with E-state index in [-0.39, 0.29) is 5.63 Å². The van der Waals surface area contributed by atoms with Crippen LogP contribution in [-0.4, -0.2) is 4.57 Å². The van der Waals surface area contributed by atoms with Crippen molar-refractivity contribution in [1.82, 2.24) is 4.57 Å². The van der Waals surface area contributed by atoms with E-state index in [1.807, 2.05) is 96.7 Å². The summed E-state index contributed by atoms with van der Waals surface area (Å²) in [4.78, 5) is 12.9. The second-order valence-electron chi connectivity index (χ2n) is 5.92. The molecule has 0 N–H and O–H groups in total. The van der Waals surface area contributed by atoms with Crippen molar-refractivity contribution < 1.29 is 4.42 Å². The minimum atomic E-state index is -0.330. The Hall–Kier alpha value is -3.33. The lowest BCUT2D eigenvalue weighted by atomic mass is 9.96. The summed E-state index contributed by atoms with van der Waals surface area (Å²) in [6, 6.07) is 25.4. The van der Waals surface area contributed by atoms with Gasteiger partial charge >= 0.3 is 5.63 Å². The molecular formula is C22H17NO2. The fraction of sp³-hybridized carbons (Fsp3) is 0.0455. The minimum Gasteiger partial charge on any atom is -0.421 e. The van der Waals surface area contributed by atoms with Crippen LogP contribution in [0.1, 0.15) is 0 Å². The van der Waals surface area contributed by atoms with Crippen molar-refractivity contribution in [3.63, 3.8) is 0 Å². The van der Waals surface area contributed by atoms with Crippen LogP contribution in [0, 0.1) is 0 Å². The van der Waals surface area contributed by atoms with Gasteiger partial charge in [0.15, 0.2) is 5.76 Å². The SMILES string of the molecule is Cn1cccc1-c1cc(-c2ccccc2)c(-c2ccccc2)c(=O)o1. The Labute approximate surface area is 145 Å². The lowest BCUT2D eigenvalue weighted by molar-refractivity contribution is 0.524. The zero-order valence-electron chi connectivity index (χ0n) is 13.8. The van der Waals surface area contributed by atoms with Crippen molar-refractivity contribution >= 4 is 0 Å². The molecule has 2 aromatic carbocycles. The summed E-state index contributed by atoms with van der Waals surface area (Å²) < 4.78 is 7.61. The fourth-order valence-electron chi connectivity index (χ4n) is 3.06. The summed E-state index contributed by atoms with van der Waals surface area (Å²) in [5, 5.41) is 0. The van der Waals surface area contributed by atoms with Gasteiger partial charge in [0.2, 0.25) is 0 Å². The van der Waals surface area contributed by atoms with Gasteiger partial charge in [0, 0.05) is 18.8 Å². The molecule has 4 rings (SSSR count). The number of hydrogen-bond acceptors (Lipinski definition) is 2. The maximum atomic E-state index is 12.9. The topological polar surface area (TPSA) is 35.1 Å². The van der Waals surface area contributed by atoms with Crippen molar-refractivity contribution in [3.05, 3.63) is 95.5 Å². The molecule has 2 heterocycles. The van der Waals surface area contributed by atoms with Crippen LogP contribution < -0.4 is 5.63 Å². The average molecular weight is 327 g/mol. The first-order chi connectivity index (χ1) is 12.2. The molecule has 3 heteroatoms. The van der Waals surface area contributed by atoms with E-state index >= 15 is 0 Å². The third-order valence-electron chi connectivity index (χ3n) is 4.30. The molecule has 3 nitrogen and oxygen atoms in total. The molecule has 0 radical (unpaired) electrons. The third kappa shape index (κ3) is 2.81. The summed E-state index contributed by atoms with van der Waals surface area (Å²) in [5.41, 5.74) is 3.85. The Morgan fingerprint density at radius 1 is 0.800 bits per heavy atom. The molecule has 25 heavy (non-hydrogen) atoms. The van der Waals surface area contributed by atoms with Crippen molar-refractivity contribution in [2.24, 2.45) is 7.05 Å². The van der Waals surface area contributed by atoms with Crippen LogP contribution in [0.4, 0.5) is 0 Å². The Kier molecular flexibility index (Phi) is 3.82. The van der Waals surface area contributed by atoms with Gasteiger partial charge < -0.3 is 8.98 Å². The number of hydrogen-bond donors (Lipinski definition) is 0. The van der Waals surface area contributed by atoms with E-state index in [4.69, 9.17) is 4.42 Å². The monoisotopic (exact) mass is 327 g/mol. The fourth-order valence-corrected chi connectivity index (χ4v) is 3.06. The molecule has 0 saturated carbocycles. The van der Waals surface area contributed by atoms with E-state index in [0.717, 1.165) is 22.4 Å². The summed E-state index contributed by atoms with van der Waals surface area (Å²) in [5.74, 6) is 0.566. The summed E-state index contributed by atoms with van der Waals surface area (Å²) in [6.07, 6.45) is 1.93. The van der Waals surface area contributed by atoms with Crippen LogP contribution in [0.2, 0.25) is 0 Å². The lowest BCUT2D eigenvalue weighted by Gasteiger charge is -2.11. The molecule has 0 fully saturated rings. The van der Waals surface area contributed by atoms with Gasteiger partial charge in [-0.15, -0.1) is 0 Å². The van der Waals surface area contributed by atoms with Gasteiger partial charge in [-0.2, -0.15) is 0 Å². The Bertz CT molecular complexity index is 1060. The molecule has 0 aliphatic rings. The van der Waals surface area contributed by atoms with E-state index < -0.39 is 0 Å². The predicted octanol–water partition coefficient (Wildman–Crippen LogP) is 4.98. The lowest BCUT2D eigenvalue weighted by Crippen LogP contribution is -2.07. The van der Waals surface area contributed by atoms with E-state index in [1.54, 1.807) is 0 Å². The highest BCUT2D eigenvalue weighted by molar-refractivity contribution is 5.84. The number of aromatic nitrogens is 1. The molecule has 0 saturated heterocycles. The summed E-state index contributed by atoms with van der Waals surface area (Å²) in [6.45, 7) is 0. The first-order valence-electron chi connectivity index (χ1n) is 8.15. The molecule has 2 aromatic heterocycles. The van der Waals surface area contributed by atoms with Crippen LogP contribution in [0.15, 0.2) is 94.3 Å². The Morgan fingerprint density at radius 2 is 1.44 bits per heavy atom. The molecule has 0 aliphatic carbocycles. The molecule has 0 bridgehead atoms. The second kappa shape index (κ2) is 6.29. The third-order valence-corrected chi connectivity index (χ3v) is 4.30. The second-order valence-corrected chi connectivity index (χ2v) is 5.92. The normalized spacial score (nSPS) is 10.8. The van der Waals surface area contributed by atoms with Crippen molar-refractivity contribution in [2.75, 3.05) is 0 Å². The highest BCUT2D eigenvalue weighted by atomic mass is 16.4. The number of nitrogens with zero attached hydrogens (tertiary/aromatic N) is 1. The van der Waals surface area contributed by atoms with E-state index in [0.29, 0.717) is 11.3 Å². The molecule has 0 unspecified atom stereocenters. The largest absolute Gasteiger partial charge is 0.421 e. The smallest absolute Gasteiger partial charge is 0.344 e. The van der Waals surface area contributed by atoms with E-state index in [2.05, 4.69) is 0 Å². The maximum Gasteiger partial charge on any atom is 0.344 e. The standard InChI is InChI=1S/C22H17NO2/c1-23-14-8-13-19(23)20-15-18(16-9-4-2-5-10-16)21(22(24)25-20)17-11-6-3-7-12-17/h2-15H,1H3. The van der Waals surface area contributed by atoms with Crippen molar-refractivity contribution in [3.8, 4) is 33.7 Å². The summed E-state index contributed by atoms with van der Waals surface area (Å²) >= 11 is 0. The average Bonchev–Trinajstić information content (AvgIpc) is 3.08. The van der Waals surface area contributed by atoms with Crippen LogP contribution in [-0.2, 0) is 7.05 Å². The maximum absolute atomic E-state index is 12.9. The highest BCUT2D eigenvalue weighted by Gasteiger charge is 2.17. The van der Waals surface area contributed by atoms with E-state index in [1.165, 1.54) is 0 Å². The Balaban J connectivity index is 2.02. The molecule has 4 aromatic rings. The minimum absolute atomic E-state index is 0.330. The quantitative estimate of drug-likeness (QED) is 0.532. The molecule has 0 aliphatic heterocycles. The zero-order valence-corrected chi connectivity index (χ0v) is 13.8. The number of rotatable bonds is 3. The summed E-state index contributed by atoms with van der Waals surface area (Å²) in [7, 11) is 1.93. The van der Waals surface area contributed by atoms with Gasteiger partial charge in [0.1, 0.15) is 0 Å².